The van der Waals surface area contributed by atoms with Gasteiger partial charge in [-0.15, -0.1) is 0 Å². The molecule has 0 aromatic carbocycles. The maximum Gasteiger partial charge on any atom is 0.251 e. The monoisotopic (exact) mass is 334 g/mol. The highest BCUT2D eigenvalue weighted by molar-refractivity contribution is 5.95. The minimum Gasteiger partial charge on any atom is -0.375 e. The van der Waals surface area contributed by atoms with Gasteiger partial charge in [0.05, 0.1) is 12.7 Å². The Balaban J connectivity index is 1.88. The fourth-order valence-corrected chi connectivity index (χ4v) is 2.54. The Morgan fingerprint density at radius 2 is 2.25 bits per heavy atom. The number of amides is 2. The summed E-state index contributed by atoms with van der Waals surface area (Å²) < 4.78 is 5.52. The topological polar surface area (TPSA) is 83.6 Å². The summed E-state index contributed by atoms with van der Waals surface area (Å²) in [5.74, 6) is 0.510. The number of nitrogens with one attached hydrogen (secondary N) is 2. The number of aromatic nitrogens is 1. The Morgan fingerprint density at radius 3 is 2.96 bits per heavy atom. The molecule has 7 heteroatoms. The van der Waals surface area contributed by atoms with Crippen LogP contribution in [0.3, 0.4) is 0 Å². The van der Waals surface area contributed by atoms with Crippen molar-refractivity contribution in [3.05, 3.63) is 23.9 Å². The molecule has 2 rings (SSSR count). The zero-order chi connectivity index (χ0) is 17.5. The van der Waals surface area contributed by atoms with E-state index in [1.807, 2.05) is 20.8 Å². The predicted molar refractivity (Wildman–Crippen MR) is 92.1 cm³/mol. The maximum atomic E-state index is 12.2. The Hall–Kier alpha value is -2.15. The fourth-order valence-electron chi connectivity index (χ4n) is 2.54. The van der Waals surface area contributed by atoms with Crippen LogP contribution in [0.25, 0.3) is 0 Å². The van der Waals surface area contributed by atoms with Gasteiger partial charge in [-0.25, -0.2) is 4.98 Å². The summed E-state index contributed by atoms with van der Waals surface area (Å²) in [5.41, 5.74) is 0.545. The van der Waals surface area contributed by atoms with E-state index >= 15 is 0 Å². The number of morpholine rings is 1. The van der Waals surface area contributed by atoms with Crippen LogP contribution < -0.4 is 15.5 Å². The first-order valence-electron chi connectivity index (χ1n) is 8.36. The first-order chi connectivity index (χ1) is 11.5. The molecule has 0 spiro atoms. The number of ether oxygens (including phenoxy) is 1. The summed E-state index contributed by atoms with van der Waals surface area (Å²) in [7, 11) is 0. The van der Waals surface area contributed by atoms with E-state index in [0.29, 0.717) is 18.7 Å². The number of rotatable bonds is 6. The van der Waals surface area contributed by atoms with Gasteiger partial charge in [0.15, 0.2) is 0 Å². The van der Waals surface area contributed by atoms with Crippen LogP contribution in [0.1, 0.15) is 37.6 Å². The van der Waals surface area contributed by atoms with Crippen molar-refractivity contribution in [2.24, 2.45) is 0 Å². The van der Waals surface area contributed by atoms with Crippen molar-refractivity contribution in [1.82, 2.24) is 15.6 Å². The molecule has 1 aromatic rings. The number of anilines is 1. The molecule has 2 heterocycles. The molecular formula is C17H26N4O3. The number of nitrogens with zero attached hydrogens (tertiary/aromatic N) is 2. The highest BCUT2D eigenvalue weighted by Crippen LogP contribution is 2.16. The van der Waals surface area contributed by atoms with Crippen molar-refractivity contribution in [3.63, 3.8) is 0 Å². The zero-order valence-corrected chi connectivity index (χ0v) is 14.5. The second-order valence-corrected chi connectivity index (χ2v) is 6.26. The number of hydrogen-bond acceptors (Lipinski definition) is 5. The van der Waals surface area contributed by atoms with Gasteiger partial charge in [0, 0.05) is 43.9 Å². The standard InChI is InChI=1S/C17H26N4O3/c1-12(2)20-16(22)5-7-19-17(23)14-4-6-18-15(10-14)21-8-9-24-13(3)11-21/h4,6,10,12-13H,5,7-9,11H2,1-3H3,(H,19,23)(H,20,22). The Labute approximate surface area is 142 Å². The molecule has 1 fully saturated rings. The van der Waals surface area contributed by atoms with Gasteiger partial charge in [0.1, 0.15) is 5.82 Å². The van der Waals surface area contributed by atoms with Crippen LogP contribution in [0.15, 0.2) is 18.3 Å². The molecule has 1 aliphatic rings. The fraction of sp³-hybridized carbons (Fsp3) is 0.588. The lowest BCUT2D eigenvalue weighted by Gasteiger charge is -2.32. The van der Waals surface area contributed by atoms with Crippen molar-refractivity contribution in [3.8, 4) is 0 Å². The van der Waals surface area contributed by atoms with Crippen LogP contribution >= 0.6 is 0 Å². The molecular weight excluding hydrogens is 308 g/mol. The lowest BCUT2D eigenvalue weighted by atomic mass is 10.2. The lowest BCUT2D eigenvalue weighted by molar-refractivity contribution is -0.121. The smallest absolute Gasteiger partial charge is 0.251 e. The average Bonchev–Trinajstić information content (AvgIpc) is 2.54. The predicted octanol–water partition coefficient (Wildman–Crippen LogP) is 0.951. The largest absolute Gasteiger partial charge is 0.375 e. The highest BCUT2D eigenvalue weighted by atomic mass is 16.5. The molecule has 2 amide bonds. The van der Waals surface area contributed by atoms with Crippen LogP contribution in [-0.4, -0.2) is 55.2 Å². The lowest BCUT2D eigenvalue weighted by Crippen LogP contribution is -2.41. The third-order valence-electron chi connectivity index (χ3n) is 3.66. The normalized spacial score (nSPS) is 17.7. The van der Waals surface area contributed by atoms with E-state index in [1.54, 1.807) is 18.3 Å². The molecule has 0 bridgehead atoms. The van der Waals surface area contributed by atoms with E-state index in [1.165, 1.54) is 0 Å². The number of hydrogen-bond donors (Lipinski definition) is 2. The van der Waals surface area contributed by atoms with Crippen molar-refractivity contribution >= 4 is 17.6 Å². The minimum absolute atomic E-state index is 0.0666. The van der Waals surface area contributed by atoms with Gasteiger partial charge < -0.3 is 20.3 Å². The zero-order valence-electron chi connectivity index (χ0n) is 14.5. The van der Waals surface area contributed by atoms with E-state index in [-0.39, 0.29) is 30.4 Å². The molecule has 1 aliphatic heterocycles. The third kappa shape index (κ3) is 5.49. The van der Waals surface area contributed by atoms with Crippen LogP contribution in [0.4, 0.5) is 5.82 Å². The molecule has 2 N–H and O–H groups in total. The Morgan fingerprint density at radius 1 is 1.46 bits per heavy atom. The van der Waals surface area contributed by atoms with Gasteiger partial charge in [-0.2, -0.15) is 0 Å². The Kier molecular flexibility index (Phi) is 6.54. The van der Waals surface area contributed by atoms with Crippen LogP contribution in [0.5, 0.6) is 0 Å². The van der Waals surface area contributed by atoms with Gasteiger partial charge in [-0.05, 0) is 32.9 Å². The molecule has 1 aromatic heterocycles. The van der Waals surface area contributed by atoms with E-state index in [2.05, 4.69) is 20.5 Å². The molecule has 0 radical (unpaired) electrons. The van der Waals surface area contributed by atoms with Crippen LogP contribution in [0, 0.1) is 0 Å². The maximum absolute atomic E-state index is 12.2. The Bertz CT molecular complexity index is 577. The van der Waals surface area contributed by atoms with Crippen molar-refractivity contribution in [2.45, 2.75) is 39.3 Å². The van der Waals surface area contributed by atoms with Crippen LogP contribution in [-0.2, 0) is 9.53 Å². The molecule has 1 unspecified atom stereocenters. The van der Waals surface area contributed by atoms with Gasteiger partial charge in [-0.1, -0.05) is 0 Å². The molecule has 7 nitrogen and oxygen atoms in total. The van der Waals surface area contributed by atoms with Gasteiger partial charge in [0.2, 0.25) is 5.91 Å². The second-order valence-electron chi connectivity index (χ2n) is 6.26. The van der Waals surface area contributed by atoms with Crippen molar-refractivity contribution < 1.29 is 14.3 Å². The van der Waals surface area contributed by atoms with E-state index < -0.39 is 0 Å². The summed E-state index contributed by atoms with van der Waals surface area (Å²) in [5, 5.41) is 5.57. The third-order valence-corrected chi connectivity index (χ3v) is 3.66. The minimum atomic E-state index is -0.197. The number of pyridine rings is 1. The van der Waals surface area contributed by atoms with Crippen molar-refractivity contribution in [1.29, 1.82) is 0 Å². The van der Waals surface area contributed by atoms with Gasteiger partial charge in [0.25, 0.3) is 5.91 Å². The first kappa shape index (κ1) is 18.2. The number of carbonyl (C=O) groups is 2. The quantitative estimate of drug-likeness (QED) is 0.809. The number of carbonyl (C=O) groups excluding carboxylic acids is 2. The molecule has 0 saturated carbocycles. The van der Waals surface area contributed by atoms with E-state index in [4.69, 9.17) is 4.74 Å². The first-order valence-corrected chi connectivity index (χ1v) is 8.36. The van der Waals surface area contributed by atoms with E-state index in [0.717, 1.165) is 18.9 Å². The summed E-state index contributed by atoms with van der Waals surface area (Å²) in [6.45, 7) is 8.31. The molecule has 132 valence electrons. The van der Waals surface area contributed by atoms with Crippen molar-refractivity contribution in [2.75, 3.05) is 31.1 Å². The molecule has 1 atom stereocenters. The average molecular weight is 334 g/mol. The second kappa shape index (κ2) is 8.63. The summed E-state index contributed by atoms with van der Waals surface area (Å²) in [6, 6.07) is 3.56. The molecule has 0 aliphatic carbocycles. The van der Waals surface area contributed by atoms with E-state index in [9.17, 15) is 9.59 Å². The molecule has 1 saturated heterocycles. The molecule has 24 heavy (non-hydrogen) atoms. The highest BCUT2D eigenvalue weighted by Gasteiger charge is 2.19. The summed E-state index contributed by atoms with van der Waals surface area (Å²) in [6.07, 6.45) is 2.05. The van der Waals surface area contributed by atoms with Gasteiger partial charge in [-0.3, -0.25) is 9.59 Å². The SMILES string of the molecule is CC(C)NC(=O)CCNC(=O)c1ccnc(N2CCOC(C)C2)c1. The van der Waals surface area contributed by atoms with Crippen LogP contribution in [0.2, 0.25) is 0 Å². The summed E-state index contributed by atoms with van der Waals surface area (Å²) in [4.78, 5) is 30.3. The van der Waals surface area contributed by atoms with Gasteiger partial charge >= 0.3 is 0 Å². The summed E-state index contributed by atoms with van der Waals surface area (Å²) >= 11 is 0.